The van der Waals surface area contributed by atoms with Crippen molar-refractivity contribution in [2.24, 2.45) is 0 Å². The summed E-state index contributed by atoms with van der Waals surface area (Å²) in [7, 11) is -1.30. The lowest BCUT2D eigenvalue weighted by molar-refractivity contribution is -0.121. The number of carbonyl (C=O) groups is 1. The Kier molecular flexibility index (Phi) is 4.67. The molecule has 6 heteroatoms. The highest BCUT2D eigenvalue weighted by molar-refractivity contribution is 7.85. The summed E-state index contributed by atoms with van der Waals surface area (Å²) in [4.78, 5) is 11.8. The van der Waals surface area contributed by atoms with E-state index in [-0.39, 0.29) is 17.2 Å². The zero-order valence-electron chi connectivity index (χ0n) is 11.4. The van der Waals surface area contributed by atoms with Crippen LogP contribution in [0.15, 0.2) is 10.6 Å². The molecule has 0 spiro atoms. The van der Waals surface area contributed by atoms with Crippen molar-refractivity contribution in [3.05, 3.63) is 17.5 Å². The van der Waals surface area contributed by atoms with Gasteiger partial charge in [0.2, 0.25) is 5.91 Å². The van der Waals surface area contributed by atoms with E-state index in [4.69, 9.17) is 4.52 Å². The molecule has 18 heavy (non-hydrogen) atoms. The number of aryl methyl sites for hydroxylation is 1. The quantitative estimate of drug-likeness (QED) is 0.902. The van der Waals surface area contributed by atoms with E-state index in [1.807, 2.05) is 20.8 Å². The highest BCUT2D eigenvalue weighted by Gasteiger charge is 2.24. The number of carbonyl (C=O) groups excluding carboxylic acids is 1. The van der Waals surface area contributed by atoms with Gasteiger partial charge in [0, 0.05) is 22.4 Å². The third-order valence-corrected chi connectivity index (χ3v) is 3.81. The van der Waals surface area contributed by atoms with Crippen molar-refractivity contribution < 1.29 is 13.5 Å². The predicted octanol–water partition coefficient (Wildman–Crippen LogP) is 1.53. The third-order valence-electron chi connectivity index (χ3n) is 2.23. The first kappa shape index (κ1) is 14.9. The minimum absolute atomic E-state index is 0.207. The second-order valence-corrected chi connectivity index (χ2v) is 7.09. The molecule has 0 saturated heterocycles. The summed E-state index contributed by atoms with van der Waals surface area (Å²) in [5.74, 6) is 0.700. The topological polar surface area (TPSA) is 72.2 Å². The lowest BCUT2D eigenvalue weighted by atomic mass is 10.1. The summed E-state index contributed by atoms with van der Waals surface area (Å²) in [5.41, 5.74) is 0.293. The molecule has 1 amide bonds. The van der Waals surface area contributed by atoms with Crippen LogP contribution in [0.25, 0.3) is 0 Å². The second-order valence-electron chi connectivity index (χ2n) is 5.34. The van der Waals surface area contributed by atoms with Gasteiger partial charge in [-0.05, 0) is 34.6 Å². The van der Waals surface area contributed by atoms with Crippen LogP contribution in [0.4, 0.5) is 0 Å². The molecule has 0 aliphatic rings. The Bertz CT molecular complexity index is 448. The van der Waals surface area contributed by atoms with Crippen molar-refractivity contribution in [2.75, 3.05) is 0 Å². The van der Waals surface area contributed by atoms with Gasteiger partial charge in [0.25, 0.3) is 0 Å². The van der Waals surface area contributed by atoms with Gasteiger partial charge in [-0.15, -0.1) is 0 Å². The molecular formula is C12H20N2O3S. The Morgan fingerprint density at radius 3 is 2.61 bits per heavy atom. The van der Waals surface area contributed by atoms with Gasteiger partial charge in [-0.2, -0.15) is 0 Å². The minimum Gasteiger partial charge on any atom is -0.361 e. The summed E-state index contributed by atoms with van der Waals surface area (Å²) in [6.07, 6.45) is 0. The average molecular weight is 272 g/mol. The lowest BCUT2D eigenvalue weighted by Crippen LogP contribution is -2.46. The van der Waals surface area contributed by atoms with E-state index >= 15 is 0 Å². The van der Waals surface area contributed by atoms with Gasteiger partial charge in [-0.25, -0.2) is 0 Å². The third kappa shape index (κ3) is 4.60. The van der Waals surface area contributed by atoms with E-state index in [2.05, 4.69) is 10.5 Å². The summed E-state index contributed by atoms with van der Waals surface area (Å²) in [6, 6.07) is 1.73. The van der Waals surface area contributed by atoms with Gasteiger partial charge in [0.15, 0.2) is 0 Å². The van der Waals surface area contributed by atoms with Crippen molar-refractivity contribution in [3.63, 3.8) is 0 Å². The molecule has 5 nitrogen and oxygen atoms in total. The van der Waals surface area contributed by atoms with Crippen molar-refractivity contribution in [2.45, 2.75) is 51.2 Å². The normalized spacial score (nSPS) is 15.2. The summed E-state index contributed by atoms with van der Waals surface area (Å²) in [6.45, 7) is 9.10. The zero-order valence-corrected chi connectivity index (χ0v) is 12.3. The minimum atomic E-state index is -1.30. The number of hydrogen-bond donors (Lipinski definition) is 1. The molecule has 0 radical (unpaired) electrons. The van der Waals surface area contributed by atoms with Crippen LogP contribution in [-0.2, 0) is 21.3 Å². The molecule has 0 aromatic carbocycles. The Balaban J connectivity index is 2.59. The van der Waals surface area contributed by atoms with Crippen molar-refractivity contribution in [1.29, 1.82) is 0 Å². The fourth-order valence-electron chi connectivity index (χ4n) is 1.35. The molecule has 0 aliphatic heterocycles. The van der Waals surface area contributed by atoms with Crippen LogP contribution < -0.4 is 5.32 Å². The van der Waals surface area contributed by atoms with Gasteiger partial charge in [-0.3, -0.25) is 9.00 Å². The first-order valence-electron chi connectivity index (χ1n) is 5.80. The largest absolute Gasteiger partial charge is 0.361 e. The molecule has 0 fully saturated rings. The molecule has 1 rings (SSSR count). The lowest BCUT2D eigenvalue weighted by Gasteiger charge is -2.22. The molecule has 0 bridgehead atoms. The maximum absolute atomic E-state index is 12.0. The van der Waals surface area contributed by atoms with E-state index in [1.165, 1.54) is 0 Å². The standard InChI is InChI=1S/C12H20N2O3S/c1-8-6-10(14-17-8)7-18(16)9(2)11(15)13-12(3,4)5/h6,9H,7H2,1-5H3,(H,13,15)/t9-,18-/m1/s1. The van der Waals surface area contributed by atoms with Gasteiger partial charge < -0.3 is 9.84 Å². The van der Waals surface area contributed by atoms with Gasteiger partial charge >= 0.3 is 0 Å². The van der Waals surface area contributed by atoms with Crippen LogP contribution in [0.1, 0.15) is 39.1 Å². The summed E-state index contributed by atoms with van der Waals surface area (Å²) in [5, 5.41) is 6.02. The molecule has 0 aliphatic carbocycles. The molecule has 1 heterocycles. The molecule has 102 valence electrons. The van der Waals surface area contributed by atoms with Crippen LogP contribution in [0.5, 0.6) is 0 Å². The first-order chi connectivity index (χ1) is 8.19. The van der Waals surface area contributed by atoms with Crippen molar-refractivity contribution in [3.8, 4) is 0 Å². The maximum Gasteiger partial charge on any atom is 0.235 e. The molecule has 0 saturated carbocycles. The summed E-state index contributed by atoms with van der Waals surface area (Å²) < 4.78 is 16.9. The van der Waals surface area contributed by atoms with Crippen LogP contribution in [0, 0.1) is 6.92 Å². The average Bonchev–Trinajstić information content (AvgIpc) is 2.60. The van der Waals surface area contributed by atoms with Crippen molar-refractivity contribution >= 4 is 16.7 Å². The molecule has 0 unspecified atom stereocenters. The Morgan fingerprint density at radius 2 is 2.17 bits per heavy atom. The highest BCUT2D eigenvalue weighted by Crippen LogP contribution is 2.09. The molecule has 1 aromatic heterocycles. The van der Waals surface area contributed by atoms with Crippen molar-refractivity contribution in [1.82, 2.24) is 10.5 Å². The zero-order chi connectivity index (χ0) is 13.9. The van der Waals surface area contributed by atoms with Crippen LogP contribution in [-0.4, -0.2) is 26.1 Å². The number of hydrogen-bond acceptors (Lipinski definition) is 4. The number of aromatic nitrogens is 1. The Hall–Kier alpha value is -1.17. The molecule has 1 aromatic rings. The van der Waals surface area contributed by atoms with Gasteiger partial charge in [-0.1, -0.05) is 5.16 Å². The monoisotopic (exact) mass is 272 g/mol. The molecular weight excluding hydrogens is 252 g/mol. The van der Waals surface area contributed by atoms with Crippen LogP contribution in [0.3, 0.4) is 0 Å². The number of nitrogens with one attached hydrogen (secondary N) is 1. The Morgan fingerprint density at radius 1 is 1.56 bits per heavy atom. The van der Waals surface area contributed by atoms with E-state index in [0.29, 0.717) is 11.5 Å². The highest BCUT2D eigenvalue weighted by atomic mass is 32.2. The summed E-state index contributed by atoms with van der Waals surface area (Å²) >= 11 is 0. The fraction of sp³-hybridized carbons (Fsp3) is 0.667. The second kappa shape index (κ2) is 5.65. The maximum atomic E-state index is 12.0. The number of rotatable bonds is 4. The Labute approximate surface area is 110 Å². The van der Waals surface area contributed by atoms with E-state index in [9.17, 15) is 9.00 Å². The van der Waals surface area contributed by atoms with E-state index < -0.39 is 16.0 Å². The fourth-order valence-corrected chi connectivity index (χ4v) is 2.32. The SMILES string of the molecule is Cc1cc(C[S@@](=O)[C@H](C)C(=O)NC(C)(C)C)no1. The van der Waals surface area contributed by atoms with E-state index in [0.717, 1.165) is 0 Å². The molecule has 2 atom stereocenters. The number of amides is 1. The smallest absolute Gasteiger partial charge is 0.235 e. The first-order valence-corrected chi connectivity index (χ1v) is 7.18. The van der Waals surface area contributed by atoms with E-state index in [1.54, 1.807) is 19.9 Å². The predicted molar refractivity (Wildman–Crippen MR) is 70.4 cm³/mol. The van der Waals surface area contributed by atoms with Gasteiger partial charge in [0.05, 0.1) is 11.4 Å². The molecule has 1 N–H and O–H groups in total. The van der Waals surface area contributed by atoms with Crippen LogP contribution >= 0.6 is 0 Å². The van der Waals surface area contributed by atoms with Crippen LogP contribution in [0.2, 0.25) is 0 Å². The number of nitrogens with zero attached hydrogens (tertiary/aromatic N) is 1. The van der Waals surface area contributed by atoms with Gasteiger partial charge in [0.1, 0.15) is 11.0 Å².